The lowest BCUT2D eigenvalue weighted by Crippen LogP contribution is -2.61. The average molecular weight is 713 g/mol. The normalized spacial score (nSPS) is 53.8. The molecule has 16 heteroatoms. The topological polar surface area (TPSA) is 205 Å². The zero-order chi connectivity index (χ0) is 32.9. The summed E-state index contributed by atoms with van der Waals surface area (Å²) in [7, 11) is -8.23. The molecule has 0 amide bonds. The van der Waals surface area contributed by atoms with Crippen molar-refractivity contribution in [1.29, 1.82) is 0 Å². The molecule has 9 aliphatic rings. The van der Waals surface area contributed by atoms with Crippen molar-refractivity contribution in [2.45, 2.75) is 150 Å². The zero-order valence-electron chi connectivity index (χ0n) is 27.6. The van der Waals surface area contributed by atoms with Crippen LogP contribution < -0.4 is 42.5 Å². The minimum absolute atomic E-state index is 0.00582. The quantitative estimate of drug-likeness (QED) is 0.176. The first-order valence-electron chi connectivity index (χ1n) is 19.0. The van der Waals surface area contributed by atoms with Crippen molar-refractivity contribution in [2.24, 2.45) is 47.3 Å². The first-order chi connectivity index (χ1) is 23.0. The summed E-state index contributed by atoms with van der Waals surface area (Å²) in [5, 5.41) is 30.3. The molecule has 0 radical (unpaired) electrons. The molecule has 0 aromatic carbocycles. The van der Waals surface area contributed by atoms with Crippen LogP contribution in [-0.4, -0.2) is 85.8 Å². The maximum atomic E-state index is 12.4. The number of hydrogen-bond acceptors (Lipinski definition) is 12. The molecule has 18 atom stereocenters. The molecule has 10 N–H and O–H groups in total. The summed E-state index contributed by atoms with van der Waals surface area (Å²) in [6.45, 7) is 0. The van der Waals surface area contributed by atoms with Crippen LogP contribution in [0.4, 0.5) is 0 Å². The van der Waals surface area contributed by atoms with Crippen LogP contribution in [0, 0.1) is 47.3 Å². The molecule has 5 saturated heterocycles. The lowest BCUT2D eigenvalue weighted by Gasteiger charge is -2.37. The van der Waals surface area contributed by atoms with Crippen molar-refractivity contribution in [3.8, 4) is 0 Å². The molecule has 14 nitrogen and oxygen atoms in total. The molecule has 9 fully saturated rings. The lowest BCUT2D eigenvalue weighted by atomic mass is 9.76. The van der Waals surface area contributed by atoms with Crippen molar-refractivity contribution >= 4 is 20.2 Å². The van der Waals surface area contributed by atoms with E-state index in [9.17, 15) is 25.9 Å². The van der Waals surface area contributed by atoms with Gasteiger partial charge in [-0.05, 0) is 112 Å². The highest BCUT2D eigenvalue weighted by Crippen LogP contribution is 2.46. The summed E-state index contributed by atoms with van der Waals surface area (Å²) >= 11 is 0. The fourth-order valence-corrected chi connectivity index (χ4v) is 14.3. The van der Waals surface area contributed by atoms with E-state index in [1.165, 1.54) is 25.7 Å². The van der Waals surface area contributed by atoms with Crippen molar-refractivity contribution in [3.05, 3.63) is 0 Å². The largest absolute Gasteiger partial charge is 0.286 e. The fourth-order valence-electron chi connectivity index (χ4n) is 12.5. The van der Waals surface area contributed by atoms with Crippen molar-refractivity contribution in [1.82, 2.24) is 42.5 Å². The van der Waals surface area contributed by atoms with Gasteiger partial charge in [0.05, 0.1) is 59.8 Å². The van der Waals surface area contributed by atoms with E-state index < -0.39 is 30.7 Å². The summed E-state index contributed by atoms with van der Waals surface area (Å²) in [5.74, 6) is 2.37. The van der Waals surface area contributed by atoms with Gasteiger partial charge in [0.25, 0.3) is 20.2 Å². The second-order valence-electron chi connectivity index (χ2n) is 16.9. The molecular weight excluding hydrogens is 657 g/mol. The summed E-state index contributed by atoms with van der Waals surface area (Å²) in [6.07, 6.45) is 12.7. The first kappa shape index (κ1) is 33.3. The van der Waals surface area contributed by atoms with E-state index in [-0.39, 0.29) is 73.0 Å². The highest BCUT2D eigenvalue weighted by Gasteiger charge is 2.56. The molecule has 5 heterocycles. The van der Waals surface area contributed by atoms with Gasteiger partial charge < -0.3 is 0 Å². The van der Waals surface area contributed by atoms with E-state index in [0.29, 0.717) is 49.4 Å². The molecule has 0 spiro atoms. The Morgan fingerprint density at radius 2 is 0.562 bits per heavy atom. The minimum Gasteiger partial charge on any atom is -0.286 e. The highest BCUT2D eigenvalue weighted by molar-refractivity contribution is 7.86. The Labute approximate surface area is 285 Å². The van der Waals surface area contributed by atoms with E-state index >= 15 is 0 Å². The van der Waals surface area contributed by atoms with Gasteiger partial charge in [-0.2, -0.15) is 16.8 Å². The Balaban J connectivity index is 1.05. The Morgan fingerprint density at radius 3 is 0.812 bits per heavy atom. The second kappa shape index (κ2) is 12.6. The standard InChI is InChI=1S/C32H56N8O6S2/c41-47(42,43)15-9-11-21-23(13-15)32-38-28-20-8-4-2-6-18(20)26(34-28)36-30-22-12-10-16(48(44,45)46)14-24(22)31(40-30)37-27-19-7-3-1-5-17(19)25(33-27)35-29(21)39-32/h15-40H,1-14H2,(H,41,42,43)(H,44,45,46). The molecule has 9 rings (SSSR count). The summed E-state index contributed by atoms with van der Waals surface area (Å²) in [6, 6.07) is 0. The fraction of sp³-hybridized carbons (Fsp3) is 1.00. The van der Waals surface area contributed by atoms with Gasteiger partial charge in [0.2, 0.25) is 0 Å². The third-order valence-electron chi connectivity index (χ3n) is 14.7. The SMILES string of the molecule is O=S(=O)(O)C1CCC2C3NC4NC(NC5NC(NC6NC(NC(N3)C2C1)C1CCCCC61)C1CCC(S(=O)(=O)O)CC51)C1CCCCC41. The molecule has 8 bridgehead atoms. The molecule has 4 saturated carbocycles. The number of rotatable bonds is 2. The van der Waals surface area contributed by atoms with Crippen LogP contribution in [0.5, 0.6) is 0 Å². The van der Waals surface area contributed by atoms with Crippen LogP contribution in [0.25, 0.3) is 0 Å². The van der Waals surface area contributed by atoms with Gasteiger partial charge in [-0.15, -0.1) is 0 Å². The number of nitrogens with one attached hydrogen (secondary N) is 8. The zero-order valence-corrected chi connectivity index (χ0v) is 29.3. The Morgan fingerprint density at radius 1 is 0.333 bits per heavy atom. The summed E-state index contributed by atoms with van der Waals surface area (Å²) < 4.78 is 69.6. The molecule has 18 unspecified atom stereocenters. The van der Waals surface area contributed by atoms with E-state index in [1.54, 1.807) is 0 Å². The summed E-state index contributed by atoms with van der Waals surface area (Å²) in [5.41, 5.74) is 0. The van der Waals surface area contributed by atoms with E-state index in [0.717, 1.165) is 38.5 Å². The Kier molecular flexibility index (Phi) is 8.73. The molecule has 0 aromatic heterocycles. The predicted octanol–water partition coefficient (Wildman–Crippen LogP) is 0.338. The van der Waals surface area contributed by atoms with Crippen molar-refractivity contribution < 1.29 is 25.9 Å². The van der Waals surface area contributed by atoms with Crippen molar-refractivity contribution in [2.75, 3.05) is 0 Å². The number of hydrogen-bond donors (Lipinski definition) is 10. The van der Waals surface area contributed by atoms with Gasteiger partial charge in [-0.3, -0.25) is 51.6 Å². The van der Waals surface area contributed by atoms with Gasteiger partial charge in [0.1, 0.15) is 0 Å². The van der Waals surface area contributed by atoms with E-state index in [2.05, 4.69) is 42.5 Å². The van der Waals surface area contributed by atoms with E-state index in [1.807, 2.05) is 0 Å². The third-order valence-corrected chi connectivity index (χ3v) is 17.2. The Bertz CT molecular complexity index is 1330. The van der Waals surface area contributed by atoms with Crippen LogP contribution in [-0.2, 0) is 20.2 Å². The highest BCUT2D eigenvalue weighted by atomic mass is 32.2. The van der Waals surface area contributed by atoms with Crippen molar-refractivity contribution in [3.63, 3.8) is 0 Å². The monoisotopic (exact) mass is 712 g/mol. The molecule has 48 heavy (non-hydrogen) atoms. The van der Waals surface area contributed by atoms with Crippen LogP contribution >= 0.6 is 0 Å². The molecule has 5 aliphatic heterocycles. The maximum absolute atomic E-state index is 12.4. The molecule has 272 valence electrons. The van der Waals surface area contributed by atoms with Crippen LogP contribution in [0.15, 0.2) is 0 Å². The minimum atomic E-state index is -4.11. The van der Waals surface area contributed by atoms with Gasteiger partial charge in [-0.1, -0.05) is 25.7 Å². The van der Waals surface area contributed by atoms with Gasteiger partial charge in [-0.25, -0.2) is 0 Å². The average Bonchev–Trinajstić information content (AvgIpc) is 3.79. The number of fused-ring (bicyclic) bond motifs is 20. The van der Waals surface area contributed by atoms with Crippen LogP contribution in [0.3, 0.4) is 0 Å². The first-order valence-corrected chi connectivity index (χ1v) is 22.0. The van der Waals surface area contributed by atoms with Gasteiger partial charge in [0.15, 0.2) is 0 Å². The van der Waals surface area contributed by atoms with Gasteiger partial charge >= 0.3 is 0 Å². The summed E-state index contributed by atoms with van der Waals surface area (Å²) in [4.78, 5) is 0. The van der Waals surface area contributed by atoms with Crippen LogP contribution in [0.2, 0.25) is 0 Å². The molecule has 4 aliphatic carbocycles. The second-order valence-corrected chi connectivity index (χ2v) is 20.3. The maximum Gasteiger partial charge on any atom is 0.267 e. The van der Waals surface area contributed by atoms with Gasteiger partial charge in [0, 0.05) is 0 Å². The predicted molar refractivity (Wildman–Crippen MR) is 179 cm³/mol. The lowest BCUT2D eigenvalue weighted by molar-refractivity contribution is 0.167. The third kappa shape index (κ3) is 5.91. The molecular formula is C32H56N8O6S2. The Hall–Kier alpha value is -0.500. The smallest absolute Gasteiger partial charge is 0.267 e. The van der Waals surface area contributed by atoms with E-state index in [4.69, 9.17) is 0 Å². The molecule has 0 aromatic rings. The van der Waals surface area contributed by atoms with Crippen LogP contribution in [0.1, 0.15) is 89.9 Å².